The molecule has 0 saturated carbocycles. The number of nitriles is 1. The molecule has 2 unspecified atom stereocenters. The summed E-state index contributed by atoms with van der Waals surface area (Å²) in [4.78, 5) is 11.3. The zero-order valence-electron chi connectivity index (χ0n) is 12.6. The lowest BCUT2D eigenvalue weighted by molar-refractivity contribution is -0.387. The Morgan fingerprint density at radius 1 is 1.52 bits per heavy atom. The van der Waals surface area contributed by atoms with Crippen molar-refractivity contribution in [2.24, 2.45) is 0 Å². The van der Waals surface area contributed by atoms with Crippen molar-refractivity contribution >= 4 is 17.4 Å². The van der Waals surface area contributed by atoms with Crippen LogP contribution in [0.25, 0.3) is 0 Å². The van der Waals surface area contributed by atoms with Crippen LogP contribution in [0.5, 0.6) is 0 Å². The van der Waals surface area contributed by atoms with Gasteiger partial charge in [0.1, 0.15) is 5.54 Å². The van der Waals surface area contributed by atoms with Gasteiger partial charge in [0.05, 0.1) is 15.9 Å². The van der Waals surface area contributed by atoms with Crippen LogP contribution in [0.15, 0.2) is 29.2 Å². The molecule has 0 aromatic heterocycles. The number of rotatable bonds is 8. The van der Waals surface area contributed by atoms with Crippen molar-refractivity contribution in [2.75, 3.05) is 6.54 Å². The molecule has 1 aromatic rings. The van der Waals surface area contributed by atoms with Crippen molar-refractivity contribution in [3.8, 4) is 6.07 Å². The van der Waals surface area contributed by atoms with Crippen LogP contribution in [-0.2, 0) is 0 Å². The van der Waals surface area contributed by atoms with Gasteiger partial charge in [-0.3, -0.25) is 15.4 Å². The van der Waals surface area contributed by atoms with Crippen molar-refractivity contribution in [2.45, 2.75) is 49.3 Å². The minimum Gasteiger partial charge on any atom is -0.300 e. The summed E-state index contributed by atoms with van der Waals surface area (Å²) in [6.07, 6.45) is 1.59. The number of nitrogens with one attached hydrogen (secondary N) is 1. The molecule has 21 heavy (non-hydrogen) atoms. The molecule has 0 radical (unpaired) electrons. The number of thioether (sulfide) groups is 1. The molecule has 5 nitrogen and oxygen atoms in total. The van der Waals surface area contributed by atoms with E-state index < -0.39 is 5.54 Å². The van der Waals surface area contributed by atoms with Gasteiger partial charge in [-0.1, -0.05) is 26.0 Å². The van der Waals surface area contributed by atoms with E-state index in [0.29, 0.717) is 11.3 Å². The number of nitrogens with zero attached hydrogens (tertiary/aromatic N) is 2. The highest BCUT2D eigenvalue weighted by atomic mass is 32.2. The lowest BCUT2D eigenvalue weighted by Gasteiger charge is -2.26. The van der Waals surface area contributed by atoms with E-state index in [1.807, 2.05) is 13.8 Å². The molecule has 1 rings (SSSR count). The van der Waals surface area contributed by atoms with E-state index in [1.165, 1.54) is 17.8 Å². The van der Waals surface area contributed by atoms with Crippen molar-refractivity contribution < 1.29 is 4.92 Å². The molecule has 0 amide bonds. The van der Waals surface area contributed by atoms with Crippen LogP contribution in [0, 0.1) is 21.4 Å². The molecule has 1 N–H and O–H groups in total. The summed E-state index contributed by atoms with van der Waals surface area (Å²) in [7, 11) is 0. The fourth-order valence-electron chi connectivity index (χ4n) is 2.10. The SMILES string of the molecule is CCCNC(C)(C#N)CC(C)Sc1ccccc1[N+](=O)[O-]. The first-order valence-corrected chi connectivity index (χ1v) is 7.86. The minimum absolute atomic E-state index is 0.0973. The molecule has 0 saturated heterocycles. The molecular formula is C15H21N3O2S. The van der Waals surface area contributed by atoms with Gasteiger partial charge in [-0.2, -0.15) is 5.26 Å². The third-order valence-electron chi connectivity index (χ3n) is 3.10. The Morgan fingerprint density at radius 2 is 2.19 bits per heavy atom. The predicted molar refractivity (Wildman–Crippen MR) is 85.3 cm³/mol. The van der Waals surface area contributed by atoms with Gasteiger partial charge in [0.15, 0.2) is 0 Å². The van der Waals surface area contributed by atoms with Crippen molar-refractivity contribution in [1.82, 2.24) is 5.32 Å². The Bertz CT molecular complexity index is 530. The van der Waals surface area contributed by atoms with E-state index in [1.54, 1.807) is 18.2 Å². The topological polar surface area (TPSA) is 79.0 Å². The van der Waals surface area contributed by atoms with Gasteiger partial charge in [0.25, 0.3) is 5.69 Å². The number of para-hydroxylation sites is 1. The van der Waals surface area contributed by atoms with Gasteiger partial charge in [-0.25, -0.2) is 0 Å². The molecule has 0 spiro atoms. The largest absolute Gasteiger partial charge is 0.300 e. The molecular weight excluding hydrogens is 286 g/mol. The van der Waals surface area contributed by atoms with E-state index in [9.17, 15) is 15.4 Å². The molecule has 2 atom stereocenters. The maximum atomic E-state index is 11.0. The fourth-order valence-corrected chi connectivity index (χ4v) is 3.37. The van der Waals surface area contributed by atoms with Crippen LogP contribution < -0.4 is 5.32 Å². The lowest BCUT2D eigenvalue weighted by atomic mass is 9.98. The number of hydrogen-bond donors (Lipinski definition) is 1. The van der Waals surface area contributed by atoms with E-state index in [0.717, 1.165) is 13.0 Å². The maximum absolute atomic E-state index is 11.0. The summed E-state index contributed by atoms with van der Waals surface area (Å²) < 4.78 is 0. The second kappa shape index (κ2) is 8.01. The Morgan fingerprint density at radius 3 is 2.76 bits per heavy atom. The summed E-state index contributed by atoms with van der Waals surface area (Å²) >= 11 is 1.44. The molecule has 6 heteroatoms. The number of nitro groups is 1. The number of nitro benzene ring substituents is 1. The maximum Gasteiger partial charge on any atom is 0.282 e. The zero-order chi connectivity index (χ0) is 15.9. The summed E-state index contributed by atoms with van der Waals surface area (Å²) in [5.41, 5.74) is -0.485. The highest BCUT2D eigenvalue weighted by molar-refractivity contribution is 8.00. The second-order valence-electron chi connectivity index (χ2n) is 5.23. The average Bonchev–Trinajstić information content (AvgIpc) is 2.45. The number of benzene rings is 1. The average molecular weight is 307 g/mol. The quantitative estimate of drug-likeness (QED) is 0.449. The zero-order valence-corrected chi connectivity index (χ0v) is 13.4. The summed E-state index contributed by atoms with van der Waals surface area (Å²) in [6, 6.07) is 9.02. The molecule has 1 aromatic carbocycles. The summed E-state index contributed by atoms with van der Waals surface area (Å²) in [5.74, 6) is 0. The first-order valence-electron chi connectivity index (χ1n) is 6.98. The van der Waals surface area contributed by atoms with Crippen molar-refractivity contribution in [3.05, 3.63) is 34.4 Å². The van der Waals surface area contributed by atoms with Gasteiger partial charge in [0.2, 0.25) is 0 Å². The molecule has 0 aliphatic carbocycles. The van der Waals surface area contributed by atoms with E-state index in [2.05, 4.69) is 18.3 Å². The highest BCUT2D eigenvalue weighted by Crippen LogP contribution is 2.34. The first kappa shape index (κ1) is 17.5. The van der Waals surface area contributed by atoms with Gasteiger partial charge < -0.3 is 0 Å². The van der Waals surface area contributed by atoms with Crippen LogP contribution in [0.2, 0.25) is 0 Å². The highest BCUT2D eigenvalue weighted by Gasteiger charge is 2.27. The normalized spacial score (nSPS) is 15.0. The third kappa shape index (κ3) is 5.37. The Hall–Kier alpha value is -1.58. The molecule has 114 valence electrons. The van der Waals surface area contributed by atoms with Gasteiger partial charge in [0, 0.05) is 11.3 Å². The van der Waals surface area contributed by atoms with Crippen molar-refractivity contribution in [3.63, 3.8) is 0 Å². The first-order chi connectivity index (χ1) is 9.91. The Balaban J connectivity index is 2.75. The Labute approximate surface area is 129 Å². The molecule has 0 heterocycles. The van der Waals surface area contributed by atoms with E-state index >= 15 is 0 Å². The predicted octanol–water partition coefficient (Wildman–Crippen LogP) is 3.75. The Kier molecular flexibility index (Phi) is 6.66. The minimum atomic E-state index is -0.605. The van der Waals surface area contributed by atoms with Crippen molar-refractivity contribution in [1.29, 1.82) is 5.26 Å². The lowest BCUT2D eigenvalue weighted by Crippen LogP contribution is -2.43. The van der Waals surface area contributed by atoms with Crippen LogP contribution in [0.3, 0.4) is 0 Å². The molecule has 0 bridgehead atoms. The molecule has 0 aliphatic rings. The van der Waals surface area contributed by atoms with Crippen LogP contribution in [0.4, 0.5) is 5.69 Å². The molecule has 0 aliphatic heterocycles. The standard InChI is InChI=1S/C15H21N3O2S/c1-4-9-17-15(3,11-16)10-12(2)21-14-8-6-5-7-13(14)18(19)20/h5-8,12,17H,4,9-10H2,1-3H3. The van der Waals surface area contributed by atoms with Gasteiger partial charge >= 0.3 is 0 Å². The van der Waals surface area contributed by atoms with E-state index in [4.69, 9.17) is 0 Å². The van der Waals surface area contributed by atoms with E-state index in [-0.39, 0.29) is 15.9 Å². The van der Waals surface area contributed by atoms with Crippen LogP contribution in [-0.4, -0.2) is 22.3 Å². The molecule has 0 fully saturated rings. The number of hydrogen-bond acceptors (Lipinski definition) is 5. The van der Waals surface area contributed by atoms with Crippen LogP contribution in [0.1, 0.15) is 33.6 Å². The summed E-state index contributed by atoms with van der Waals surface area (Å²) in [5, 5.41) is 23.7. The second-order valence-corrected chi connectivity index (χ2v) is 6.71. The monoisotopic (exact) mass is 307 g/mol. The third-order valence-corrected chi connectivity index (χ3v) is 4.27. The van der Waals surface area contributed by atoms with Crippen LogP contribution >= 0.6 is 11.8 Å². The fraction of sp³-hybridized carbons (Fsp3) is 0.533. The van der Waals surface area contributed by atoms with Gasteiger partial charge in [-0.15, -0.1) is 11.8 Å². The van der Waals surface area contributed by atoms with Gasteiger partial charge in [-0.05, 0) is 32.4 Å². The summed E-state index contributed by atoms with van der Waals surface area (Å²) in [6.45, 7) is 6.70. The smallest absolute Gasteiger partial charge is 0.282 e.